The summed E-state index contributed by atoms with van der Waals surface area (Å²) in [5.41, 5.74) is 4.31. The average Bonchev–Trinajstić information content (AvgIpc) is 3.38. The number of fused-ring (bicyclic) bond motifs is 2. The van der Waals surface area contributed by atoms with Crippen LogP contribution in [0.4, 0.5) is 0 Å². The number of hydrogen-bond acceptors (Lipinski definition) is 6. The van der Waals surface area contributed by atoms with Crippen LogP contribution in [0.25, 0.3) is 22.4 Å². The van der Waals surface area contributed by atoms with Crippen molar-refractivity contribution in [3.05, 3.63) is 59.9 Å². The zero-order valence-corrected chi connectivity index (χ0v) is 18.0. The second-order valence-electron chi connectivity index (χ2n) is 9.09. The normalized spacial score (nSPS) is 14.7. The number of hydrogen-bond donors (Lipinski definition) is 1. The van der Waals surface area contributed by atoms with Crippen LogP contribution in [0.15, 0.2) is 43.0 Å². The van der Waals surface area contributed by atoms with Gasteiger partial charge >= 0.3 is 0 Å². The van der Waals surface area contributed by atoms with E-state index in [4.69, 9.17) is 4.98 Å². The number of Topliss-reactive ketones (excluding diaryl/α,β-unsaturated/α-hetero) is 1. The van der Waals surface area contributed by atoms with E-state index in [1.807, 2.05) is 32.9 Å². The number of benzene rings is 1. The van der Waals surface area contributed by atoms with Crippen molar-refractivity contribution in [2.24, 2.45) is 5.41 Å². The second-order valence-corrected chi connectivity index (χ2v) is 9.09. The molecular weight excluding hydrogens is 390 g/mol. The fourth-order valence-corrected chi connectivity index (χ4v) is 3.95. The lowest BCUT2D eigenvalue weighted by atomic mass is 9.87. The summed E-state index contributed by atoms with van der Waals surface area (Å²) in [5, 5.41) is 8.20. The maximum Gasteiger partial charge on any atom is 0.171 e. The first kappa shape index (κ1) is 19.6. The molecule has 158 valence electrons. The molecular formula is C23H25N7O. The summed E-state index contributed by atoms with van der Waals surface area (Å²) in [7, 11) is 0. The fourth-order valence-electron chi connectivity index (χ4n) is 3.95. The van der Waals surface area contributed by atoms with Crippen molar-refractivity contribution in [3.63, 3.8) is 0 Å². The van der Waals surface area contributed by atoms with E-state index in [9.17, 15) is 4.79 Å². The van der Waals surface area contributed by atoms with Gasteiger partial charge in [-0.2, -0.15) is 0 Å². The molecule has 0 radical (unpaired) electrons. The van der Waals surface area contributed by atoms with Crippen LogP contribution in [0.1, 0.15) is 42.5 Å². The third-order valence-electron chi connectivity index (χ3n) is 5.65. The molecule has 0 saturated carbocycles. The number of carbonyl (C=O) groups excluding carboxylic acids is 1. The van der Waals surface area contributed by atoms with Gasteiger partial charge in [0, 0.05) is 36.8 Å². The van der Waals surface area contributed by atoms with Crippen molar-refractivity contribution in [3.8, 4) is 11.3 Å². The number of nitrogens with one attached hydrogen (secondary N) is 1. The molecule has 1 aromatic carbocycles. The molecule has 8 heteroatoms. The van der Waals surface area contributed by atoms with Crippen LogP contribution in [0.3, 0.4) is 0 Å². The van der Waals surface area contributed by atoms with E-state index >= 15 is 0 Å². The maximum absolute atomic E-state index is 12.8. The molecule has 31 heavy (non-hydrogen) atoms. The van der Waals surface area contributed by atoms with Crippen LogP contribution in [-0.4, -0.2) is 46.9 Å². The van der Waals surface area contributed by atoms with Gasteiger partial charge in [-0.05, 0) is 11.6 Å². The molecule has 0 spiro atoms. The Balaban J connectivity index is 1.42. The van der Waals surface area contributed by atoms with Gasteiger partial charge in [0.1, 0.15) is 17.7 Å². The van der Waals surface area contributed by atoms with Crippen LogP contribution in [0.2, 0.25) is 0 Å². The minimum atomic E-state index is -0.481. The Hall–Kier alpha value is -3.39. The molecule has 0 amide bonds. The van der Waals surface area contributed by atoms with E-state index in [2.05, 4.69) is 41.8 Å². The minimum Gasteiger partial charge on any atom is -0.344 e. The Morgan fingerprint density at radius 1 is 1.23 bits per heavy atom. The number of aromatic nitrogens is 6. The maximum atomic E-state index is 12.8. The smallest absolute Gasteiger partial charge is 0.171 e. The summed E-state index contributed by atoms with van der Waals surface area (Å²) in [6.07, 6.45) is 5.27. The number of rotatable bonds is 4. The third-order valence-corrected chi connectivity index (χ3v) is 5.65. The van der Waals surface area contributed by atoms with Gasteiger partial charge in [-0.15, -0.1) is 10.2 Å². The third kappa shape index (κ3) is 3.74. The van der Waals surface area contributed by atoms with E-state index in [-0.39, 0.29) is 5.78 Å². The van der Waals surface area contributed by atoms with Gasteiger partial charge in [0.2, 0.25) is 0 Å². The zero-order valence-electron chi connectivity index (χ0n) is 18.0. The largest absolute Gasteiger partial charge is 0.344 e. The van der Waals surface area contributed by atoms with E-state index in [1.54, 1.807) is 18.7 Å². The summed E-state index contributed by atoms with van der Waals surface area (Å²) in [5.74, 6) is 1.05. The van der Waals surface area contributed by atoms with Gasteiger partial charge in [-0.1, -0.05) is 39.0 Å². The molecule has 0 atom stereocenters. The molecule has 4 aromatic rings. The van der Waals surface area contributed by atoms with E-state index in [0.717, 1.165) is 43.3 Å². The highest BCUT2D eigenvalue weighted by Crippen LogP contribution is 2.27. The van der Waals surface area contributed by atoms with Crippen molar-refractivity contribution < 1.29 is 4.79 Å². The molecule has 0 fully saturated rings. The van der Waals surface area contributed by atoms with Crippen molar-refractivity contribution in [2.45, 2.75) is 40.4 Å². The Kier molecular flexibility index (Phi) is 4.66. The number of ketones is 1. The SMILES string of the molecule is CC(C)(C)C(=O)c1c[nH]c2ncc(-c3cccc(CN4CCn5cnnc5C4)c3)nc12. The molecule has 3 aromatic heterocycles. The molecule has 0 unspecified atom stereocenters. The number of H-pyrrole nitrogens is 1. The highest BCUT2D eigenvalue weighted by molar-refractivity contribution is 6.08. The average molecular weight is 416 g/mol. The first-order chi connectivity index (χ1) is 14.9. The summed E-state index contributed by atoms with van der Waals surface area (Å²) in [6.45, 7) is 9.23. The van der Waals surface area contributed by atoms with Gasteiger partial charge < -0.3 is 9.55 Å². The van der Waals surface area contributed by atoms with Crippen molar-refractivity contribution in [1.29, 1.82) is 0 Å². The van der Waals surface area contributed by atoms with Gasteiger partial charge in [0.15, 0.2) is 11.4 Å². The minimum absolute atomic E-state index is 0.0527. The molecule has 0 bridgehead atoms. The van der Waals surface area contributed by atoms with Crippen molar-refractivity contribution in [2.75, 3.05) is 6.54 Å². The quantitative estimate of drug-likeness (QED) is 0.513. The van der Waals surface area contributed by atoms with Crippen LogP contribution in [0.5, 0.6) is 0 Å². The van der Waals surface area contributed by atoms with Crippen molar-refractivity contribution >= 4 is 16.9 Å². The molecule has 0 saturated heterocycles. The predicted octanol–water partition coefficient (Wildman–Crippen LogP) is 3.46. The topological polar surface area (TPSA) is 92.6 Å². The van der Waals surface area contributed by atoms with Crippen molar-refractivity contribution in [1.82, 2.24) is 34.6 Å². The van der Waals surface area contributed by atoms with E-state index < -0.39 is 5.41 Å². The number of aromatic amines is 1. The number of nitrogens with zero attached hydrogens (tertiary/aromatic N) is 6. The lowest BCUT2D eigenvalue weighted by molar-refractivity contribution is 0.0860. The highest BCUT2D eigenvalue weighted by Gasteiger charge is 2.26. The molecule has 0 aliphatic carbocycles. The van der Waals surface area contributed by atoms with Crippen LogP contribution >= 0.6 is 0 Å². The lowest BCUT2D eigenvalue weighted by Gasteiger charge is -2.27. The monoisotopic (exact) mass is 415 g/mol. The van der Waals surface area contributed by atoms with Gasteiger partial charge in [-0.25, -0.2) is 9.97 Å². The molecule has 8 nitrogen and oxygen atoms in total. The zero-order chi connectivity index (χ0) is 21.6. The Morgan fingerprint density at radius 3 is 2.94 bits per heavy atom. The molecule has 1 aliphatic heterocycles. The Morgan fingerprint density at radius 2 is 2.10 bits per heavy atom. The predicted molar refractivity (Wildman–Crippen MR) is 117 cm³/mol. The van der Waals surface area contributed by atoms with Gasteiger partial charge in [0.05, 0.1) is 24.0 Å². The fraction of sp³-hybridized carbons (Fsp3) is 0.348. The van der Waals surface area contributed by atoms with E-state index in [0.29, 0.717) is 16.7 Å². The van der Waals surface area contributed by atoms with Crippen LogP contribution in [-0.2, 0) is 19.6 Å². The lowest BCUT2D eigenvalue weighted by Crippen LogP contribution is -2.33. The van der Waals surface area contributed by atoms with Crippen LogP contribution in [0, 0.1) is 5.41 Å². The van der Waals surface area contributed by atoms with Crippen LogP contribution < -0.4 is 0 Å². The molecule has 4 heterocycles. The first-order valence-corrected chi connectivity index (χ1v) is 10.5. The summed E-state index contributed by atoms with van der Waals surface area (Å²) >= 11 is 0. The summed E-state index contributed by atoms with van der Waals surface area (Å²) in [6, 6.07) is 8.35. The van der Waals surface area contributed by atoms with Gasteiger partial charge in [0.25, 0.3) is 0 Å². The molecule has 1 aliphatic rings. The van der Waals surface area contributed by atoms with Gasteiger partial charge in [-0.3, -0.25) is 9.69 Å². The second kappa shape index (κ2) is 7.39. The Labute approximate surface area is 180 Å². The standard InChI is InChI=1S/C23H25N7O/c1-23(2,3)21(31)17-10-24-22-20(17)27-18(11-25-22)16-6-4-5-15(9-16)12-29-7-8-30-14-26-28-19(30)13-29/h4-6,9-11,14H,7-8,12-13H2,1-3H3,(H,24,25). The number of carbonyl (C=O) groups is 1. The summed E-state index contributed by atoms with van der Waals surface area (Å²) in [4.78, 5) is 27.6. The molecule has 1 N–H and O–H groups in total. The van der Waals surface area contributed by atoms with E-state index in [1.165, 1.54) is 5.56 Å². The highest BCUT2D eigenvalue weighted by atomic mass is 16.1. The molecule has 5 rings (SSSR count). The Bertz CT molecular complexity index is 1260. The summed E-state index contributed by atoms with van der Waals surface area (Å²) < 4.78 is 2.10. The first-order valence-electron chi connectivity index (χ1n) is 10.5.